The molecule has 0 saturated carbocycles. The van der Waals surface area contributed by atoms with Gasteiger partial charge in [0.1, 0.15) is 5.75 Å². The molecule has 4 heteroatoms. The Kier molecular flexibility index (Phi) is 5.49. The number of nitrogens with two attached hydrogens (primary N) is 1. The van der Waals surface area contributed by atoms with Crippen molar-refractivity contribution in [3.05, 3.63) is 29.8 Å². The minimum atomic E-state index is -0.0943. The molecule has 1 amide bonds. The fraction of sp³-hybridized carbons (Fsp3) is 0.462. The number of ether oxygens (including phenoxy) is 1. The largest absolute Gasteiger partial charge is 0.484 e. The summed E-state index contributed by atoms with van der Waals surface area (Å²) in [5.41, 5.74) is 6.78. The first-order valence-electron chi connectivity index (χ1n) is 5.88. The van der Waals surface area contributed by atoms with E-state index < -0.39 is 0 Å². The van der Waals surface area contributed by atoms with E-state index in [0.717, 1.165) is 12.0 Å². The van der Waals surface area contributed by atoms with Crippen molar-refractivity contribution in [2.75, 3.05) is 13.2 Å². The maximum absolute atomic E-state index is 11.3. The highest BCUT2D eigenvalue weighted by atomic mass is 16.5. The third-order valence-corrected chi connectivity index (χ3v) is 2.35. The van der Waals surface area contributed by atoms with Gasteiger partial charge >= 0.3 is 0 Å². The first kappa shape index (κ1) is 13.5. The molecule has 0 aliphatic heterocycles. The van der Waals surface area contributed by atoms with Crippen LogP contribution in [0, 0.1) is 0 Å². The number of amides is 1. The van der Waals surface area contributed by atoms with Crippen molar-refractivity contribution in [1.29, 1.82) is 0 Å². The average molecular weight is 236 g/mol. The van der Waals surface area contributed by atoms with E-state index in [0.29, 0.717) is 12.3 Å². The number of rotatable bonds is 6. The molecule has 1 aromatic carbocycles. The second-order valence-electron chi connectivity index (χ2n) is 4.00. The molecular formula is C13H20N2O2. The van der Waals surface area contributed by atoms with Crippen molar-refractivity contribution in [1.82, 2.24) is 5.32 Å². The summed E-state index contributed by atoms with van der Waals surface area (Å²) < 4.78 is 5.35. The summed E-state index contributed by atoms with van der Waals surface area (Å²) in [6, 6.07) is 7.47. The van der Waals surface area contributed by atoms with E-state index in [1.54, 1.807) is 0 Å². The zero-order valence-corrected chi connectivity index (χ0v) is 10.4. The molecule has 1 atom stereocenters. The van der Waals surface area contributed by atoms with Crippen LogP contribution in [-0.2, 0) is 4.79 Å². The molecule has 0 aliphatic rings. The van der Waals surface area contributed by atoms with E-state index >= 15 is 0 Å². The van der Waals surface area contributed by atoms with Crippen molar-refractivity contribution in [3.63, 3.8) is 0 Å². The average Bonchev–Trinajstić information content (AvgIpc) is 2.34. The predicted octanol–water partition coefficient (Wildman–Crippen LogP) is 1.61. The molecular weight excluding hydrogens is 216 g/mol. The summed E-state index contributed by atoms with van der Waals surface area (Å²) >= 11 is 0. The Morgan fingerprint density at radius 2 is 2.06 bits per heavy atom. The number of hydrogen-bond acceptors (Lipinski definition) is 3. The lowest BCUT2D eigenvalue weighted by Crippen LogP contribution is -2.29. The highest BCUT2D eigenvalue weighted by Crippen LogP contribution is 2.15. The van der Waals surface area contributed by atoms with Gasteiger partial charge in [0.2, 0.25) is 0 Å². The molecule has 0 fully saturated rings. The highest BCUT2D eigenvalue weighted by molar-refractivity contribution is 5.77. The van der Waals surface area contributed by atoms with Crippen LogP contribution in [0.4, 0.5) is 0 Å². The molecule has 0 bridgehead atoms. The Morgan fingerprint density at radius 3 is 2.59 bits per heavy atom. The Morgan fingerprint density at radius 1 is 1.41 bits per heavy atom. The summed E-state index contributed by atoms with van der Waals surface area (Å²) in [4.78, 5) is 11.3. The lowest BCUT2D eigenvalue weighted by molar-refractivity contribution is -0.123. The Bertz CT molecular complexity index is 347. The zero-order valence-electron chi connectivity index (χ0n) is 10.4. The van der Waals surface area contributed by atoms with Crippen LogP contribution in [0.3, 0.4) is 0 Å². The molecule has 17 heavy (non-hydrogen) atoms. The highest BCUT2D eigenvalue weighted by Gasteiger charge is 2.02. The second-order valence-corrected chi connectivity index (χ2v) is 4.00. The SMILES string of the molecule is CCCNC(=O)COc1ccc(C(C)N)cc1. The molecule has 0 aliphatic carbocycles. The molecule has 0 heterocycles. The van der Waals surface area contributed by atoms with Gasteiger partial charge < -0.3 is 15.8 Å². The quantitative estimate of drug-likeness (QED) is 0.788. The van der Waals surface area contributed by atoms with E-state index in [9.17, 15) is 4.79 Å². The van der Waals surface area contributed by atoms with Crippen molar-refractivity contribution in [2.45, 2.75) is 26.3 Å². The third kappa shape index (κ3) is 4.87. The van der Waals surface area contributed by atoms with Crippen molar-refractivity contribution >= 4 is 5.91 Å². The number of carbonyl (C=O) groups excluding carboxylic acids is 1. The standard InChI is InChI=1S/C13H20N2O2/c1-3-8-15-13(16)9-17-12-6-4-11(5-7-12)10(2)14/h4-7,10H,3,8-9,14H2,1-2H3,(H,15,16). The number of carbonyl (C=O) groups is 1. The topological polar surface area (TPSA) is 64.3 Å². The van der Waals surface area contributed by atoms with Crippen LogP contribution >= 0.6 is 0 Å². The zero-order chi connectivity index (χ0) is 12.7. The van der Waals surface area contributed by atoms with Crippen LogP contribution in [0.15, 0.2) is 24.3 Å². The minimum absolute atomic E-state index is 0.0110. The van der Waals surface area contributed by atoms with Gasteiger partial charge in [0.15, 0.2) is 6.61 Å². The molecule has 1 aromatic rings. The third-order valence-electron chi connectivity index (χ3n) is 2.35. The first-order valence-corrected chi connectivity index (χ1v) is 5.88. The van der Waals surface area contributed by atoms with E-state index in [1.165, 1.54) is 0 Å². The maximum Gasteiger partial charge on any atom is 0.257 e. The van der Waals surface area contributed by atoms with Crippen molar-refractivity contribution < 1.29 is 9.53 Å². The van der Waals surface area contributed by atoms with Crippen LogP contribution in [-0.4, -0.2) is 19.1 Å². The van der Waals surface area contributed by atoms with Gasteiger partial charge in [0.25, 0.3) is 5.91 Å². The maximum atomic E-state index is 11.3. The summed E-state index contributed by atoms with van der Waals surface area (Å²) in [5.74, 6) is 0.587. The van der Waals surface area contributed by atoms with Gasteiger partial charge in [-0.2, -0.15) is 0 Å². The Balaban J connectivity index is 2.39. The van der Waals surface area contributed by atoms with Crippen molar-refractivity contribution in [3.8, 4) is 5.75 Å². The predicted molar refractivity (Wildman–Crippen MR) is 67.8 cm³/mol. The lowest BCUT2D eigenvalue weighted by atomic mass is 10.1. The molecule has 0 aromatic heterocycles. The van der Waals surface area contributed by atoms with Gasteiger partial charge in [-0.25, -0.2) is 0 Å². The lowest BCUT2D eigenvalue weighted by Gasteiger charge is -2.09. The molecule has 0 radical (unpaired) electrons. The van der Waals surface area contributed by atoms with Crippen LogP contribution in [0.5, 0.6) is 5.75 Å². The van der Waals surface area contributed by atoms with Crippen LogP contribution in [0.1, 0.15) is 31.9 Å². The van der Waals surface area contributed by atoms with Gasteiger partial charge in [-0.1, -0.05) is 19.1 Å². The Labute approximate surface area is 102 Å². The summed E-state index contributed by atoms with van der Waals surface area (Å²) in [7, 11) is 0. The second kappa shape index (κ2) is 6.91. The monoisotopic (exact) mass is 236 g/mol. The van der Waals surface area contributed by atoms with Gasteiger partial charge in [-0.15, -0.1) is 0 Å². The summed E-state index contributed by atoms with van der Waals surface area (Å²) in [5, 5.41) is 2.75. The number of benzene rings is 1. The van der Waals surface area contributed by atoms with E-state index in [1.807, 2.05) is 38.1 Å². The molecule has 4 nitrogen and oxygen atoms in total. The number of nitrogens with one attached hydrogen (secondary N) is 1. The van der Waals surface area contributed by atoms with E-state index in [-0.39, 0.29) is 18.6 Å². The van der Waals surface area contributed by atoms with Crippen molar-refractivity contribution in [2.24, 2.45) is 5.73 Å². The van der Waals surface area contributed by atoms with Gasteiger partial charge in [0, 0.05) is 12.6 Å². The Hall–Kier alpha value is -1.55. The fourth-order valence-corrected chi connectivity index (χ4v) is 1.33. The van der Waals surface area contributed by atoms with Crippen LogP contribution < -0.4 is 15.8 Å². The fourth-order valence-electron chi connectivity index (χ4n) is 1.33. The normalized spacial score (nSPS) is 11.9. The van der Waals surface area contributed by atoms with Gasteiger partial charge in [-0.3, -0.25) is 4.79 Å². The molecule has 0 saturated heterocycles. The minimum Gasteiger partial charge on any atom is -0.484 e. The molecule has 0 spiro atoms. The van der Waals surface area contributed by atoms with Crippen LogP contribution in [0.2, 0.25) is 0 Å². The summed E-state index contributed by atoms with van der Waals surface area (Å²) in [6.07, 6.45) is 0.925. The van der Waals surface area contributed by atoms with E-state index in [2.05, 4.69) is 5.32 Å². The van der Waals surface area contributed by atoms with E-state index in [4.69, 9.17) is 10.5 Å². The smallest absolute Gasteiger partial charge is 0.257 e. The summed E-state index contributed by atoms with van der Waals surface area (Å²) in [6.45, 7) is 4.67. The van der Waals surface area contributed by atoms with Crippen LogP contribution in [0.25, 0.3) is 0 Å². The molecule has 1 unspecified atom stereocenters. The van der Waals surface area contributed by atoms with Gasteiger partial charge in [0.05, 0.1) is 0 Å². The number of hydrogen-bond donors (Lipinski definition) is 2. The molecule has 3 N–H and O–H groups in total. The van der Waals surface area contributed by atoms with Gasteiger partial charge in [-0.05, 0) is 31.0 Å². The first-order chi connectivity index (χ1) is 8.13. The molecule has 1 rings (SSSR count). The molecule has 94 valence electrons.